The molecule has 1 saturated heterocycles. The SMILES string of the molecule is COc1ccc(Cl)cc1C(=O)NC(=S)Nc1ccc(N2CCN(Cc3ccccc3)CC2)cc1. The van der Waals surface area contributed by atoms with Gasteiger partial charge < -0.3 is 15.0 Å². The van der Waals surface area contributed by atoms with Crippen LogP contribution in [0.25, 0.3) is 0 Å². The summed E-state index contributed by atoms with van der Waals surface area (Å²) in [5.74, 6) is 0.0414. The molecule has 2 N–H and O–H groups in total. The number of rotatable bonds is 6. The second kappa shape index (κ2) is 11.3. The molecular weight excluding hydrogens is 468 g/mol. The minimum absolute atomic E-state index is 0.203. The van der Waals surface area contributed by atoms with E-state index >= 15 is 0 Å². The van der Waals surface area contributed by atoms with Crippen LogP contribution in [0.4, 0.5) is 11.4 Å². The lowest BCUT2D eigenvalue weighted by Crippen LogP contribution is -2.45. The highest BCUT2D eigenvalue weighted by Crippen LogP contribution is 2.23. The lowest BCUT2D eigenvalue weighted by Gasteiger charge is -2.36. The van der Waals surface area contributed by atoms with Gasteiger partial charge in [0, 0.05) is 49.1 Å². The molecule has 176 valence electrons. The van der Waals surface area contributed by atoms with Crippen molar-refractivity contribution in [1.82, 2.24) is 10.2 Å². The molecule has 1 heterocycles. The predicted octanol–water partition coefficient (Wildman–Crippen LogP) is 4.80. The van der Waals surface area contributed by atoms with Crippen LogP contribution in [-0.4, -0.2) is 49.2 Å². The summed E-state index contributed by atoms with van der Waals surface area (Å²) in [6.45, 7) is 5.00. The second-order valence-electron chi connectivity index (χ2n) is 8.05. The molecule has 4 rings (SSSR count). The number of benzene rings is 3. The van der Waals surface area contributed by atoms with Crippen LogP contribution < -0.4 is 20.3 Å². The fraction of sp³-hybridized carbons (Fsp3) is 0.231. The van der Waals surface area contributed by atoms with Crippen molar-refractivity contribution in [2.45, 2.75) is 6.54 Å². The Kier molecular flexibility index (Phi) is 8.00. The summed E-state index contributed by atoms with van der Waals surface area (Å²) in [5.41, 5.74) is 3.64. The van der Waals surface area contributed by atoms with Crippen LogP contribution in [0.15, 0.2) is 72.8 Å². The Labute approximate surface area is 210 Å². The standard InChI is InChI=1S/C26H27ClN4O2S/c1-33-24-12-7-20(27)17-23(24)25(32)29-26(34)28-21-8-10-22(11-9-21)31-15-13-30(14-16-31)18-19-5-3-2-4-6-19/h2-12,17H,13-16,18H2,1H3,(H2,28,29,32,34). The van der Waals surface area contributed by atoms with Crippen molar-refractivity contribution in [3.8, 4) is 5.75 Å². The number of halogens is 1. The van der Waals surface area contributed by atoms with E-state index in [0.29, 0.717) is 16.3 Å². The second-order valence-corrected chi connectivity index (χ2v) is 8.89. The zero-order chi connectivity index (χ0) is 23.9. The van der Waals surface area contributed by atoms with Gasteiger partial charge in [-0.1, -0.05) is 41.9 Å². The van der Waals surface area contributed by atoms with E-state index in [1.165, 1.54) is 18.4 Å². The molecule has 0 aliphatic carbocycles. The molecule has 1 amide bonds. The van der Waals surface area contributed by atoms with E-state index in [2.05, 4.69) is 62.9 Å². The molecule has 1 aliphatic heterocycles. The summed E-state index contributed by atoms with van der Waals surface area (Å²) in [4.78, 5) is 17.5. The first-order valence-corrected chi connectivity index (χ1v) is 11.9. The van der Waals surface area contributed by atoms with Gasteiger partial charge in [0.15, 0.2) is 5.11 Å². The van der Waals surface area contributed by atoms with E-state index in [4.69, 9.17) is 28.6 Å². The van der Waals surface area contributed by atoms with Gasteiger partial charge in [0.1, 0.15) is 5.75 Å². The summed E-state index contributed by atoms with van der Waals surface area (Å²) < 4.78 is 5.24. The van der Waals surface area contributed by atoms with Crippen LogP contribution in [0.3, 0.4) is 0 Å². The van der Waals surface area contributed by atoms with E-state index < -0.39 is 0 Å². The van der Waals surface area contributed by atoms with Crippen LogP contribution in [-0.2, 0) is 6.54 Å². The highest BCUT2D eigenvalue weighted by Gasteiger charge is 2.18. The number of ether oxygens (including phenoxy) is 1. The molecule has 8 heteroatoms. The summed E-state index contributed by atoms with van der Waals surface area (Å²) in [6, 6.07) is 23.5. The van der Waals surface area contributed by atoms with Gasteiger partial charge in [0.2, 0.25) is 0 Å². The average Bonchev–Trinajstić information content (AvgIpc) is 2.85. The maximum absolute atomic E-state index is 12.6. The first kappa shape index (κ1) is 24.0. The Morgan fingerprint density at radius 1 is 1.00 bits per heavy atom. The fourth-order valence-electron chi connectivity index (χ4n) is 3.95. The van der Waals surface area contributed by atoms with Gasteiger partial charge in [-0.25, -0.2) is 0 Å². The van der Waals surface area contributed by atoms with Crippen molar-refractivity contribution in [3.63, 3.8) is 0 Å². The van der Waals surface area contributed by atoms with Crippen LogP contribution in [0.2, 0.25) is 5.02 Å². The van der Waals surface area contributed by atoms with E-state index in [1.807, 2.05) is 12.1 Å². The molecule has 0 spiro atoms. The average molecular weight is 495 g/mol. The van der Waals surface area contributed by atoms with Crippen LogP contribution in [0.1, 0.15) is 15.9 Å². The molecule has 0 unspecified atom stereocenters. The van der Waals surface area contributed by atoms with E-state index in [0.717, 1.165) is 38.4 Å². The smallest absolute Gasteiger partial charge is 0.261 e. The number of nitrogens with one attached hydrogen (secondary N) is 2. The van der Waals surface area contributed by atoms with Gasteiger partial charge in [0.05, 0.1) is 12.7 Å². The molecule has 3 aromatic carbocycles. The highest BCUT2D eigenvalue weighted by atomic mass is 35.5. The molecule has 34 heavy (non-hydrogen) atoms. The summed E-state index contributed by atoms with van der Waals surface area (Å²) >= 11 is 11.3. The molecular formula is C26H27ClN4O2S. The van der Waals surface area contributed by atoms with Crippen molar-refractivity contribution < 1.29 is 9.53 Å². The molecule has 0 bridgehead atoms. The first-order valence-electron chi connectivity index (χ1n) is 11.1. The molecule has 1 aliphatic rings. The molecule has 0 saturated carbocycles. The maximum Gasteiger partial charge on any atom is 0.261 e. The lowest BCUT2D eigenvalue weighted by atomic mass is 10.2. The fourth-order valence-corrected chi connectivity index (χ4v) is 4.33. The monoisotopic (exact) mass is 494 g/mol. The number of nitrogens with zero attached hydrogens (tertiary/aromatic N) is 2. The summed E-state index contributed by atoms with van der Waals surface area (Å²) in [7, 11) is 1.50. The zero-order valence-electron chi connectivity index (χ0n) is 19.0. The number of piperazine rings is 1. The Bertz CT molecular complexity index is 1130. The van der Waals surface area contributed by atoms with E-state index in [1.54, 1.807) is 18.2 Å². The molecule has 0 aromatic heterocycles. The molecule has 6 nitrogen and oxygen atoms in total. The van der Waals surface area contributed by atoms with E-state index in [9.17, 15) is 4.79 Å². The predicted molar refractivity (Wildman–Crippen MR) is 142 cm³/mol. The normalized spacial score (nSPS) is 13.9. The van der Waals surface area contributed by atoms with Gasteiger partial charge >= 0.3 is 0 Å². The van der Waals surface area contributed by atoms with Crippen molar-refractivity contribution in [2.24, 2.45) is 0 Å². The number of carbonyl (C=O) groups excluding carboxylic acids is 1. The van der Waals surface area contributed by atoms with Crippen molar-refractivity contribution in [2.75, 3.05) is 43.5 Å². The van der Waals surface area contributed by atoms with Crippen molar-refractivity contribution in [1.29, 1.82) is 0 Å². The van der Waals surface area contributed by atoms with Gasteiger partial charge in [0.25, 0.3) is 5.91 Å². The Morgan fingerprint density at radius 2 is 1.71 bits per heavy atom. The summed E-state index contributed by atoms with van der Waals surface area (Å²) in [5, 5.41) is 6.38. The number of methoxy groups -OCH3 is 1. The number of amides is 1. The molecule has 1 fully saturated rings. The van der Waals surface area contributed by atoms with Gasteiger partial charge in [-0.05, 0) is 60.2 Å². The summed E-state index contributed by atoms with van der Waals surface area (Å²) in [6.07, 6.45) is 0. The number of carbonyl (C=O) groups is 1. The number of anilines is 2. The highest BCUT2D eigenvalue weighted by molar-refractivity contribution is 7.80. The number of hydrogen-bond acceptors (Lipinski definition) is 5. The van der Waals surface area contributed by atoms with Crippen molar-refractivity contribution >= 4 is 46.2 Å². The van der Waals surface area contributed by atoms with Crippen LogP contribution >= 0.6 is 23.8 Å². The van der Waals surface area contributed by atoms with E-state index in [-0.39, 0.29) is 11.0 Å². The largest absolute Gasteiger partial charge is 0.496 e. The third-order valence-corrected chi connectivity index (χ3v) is 6.18. The third-order valence-electron chi connectivity index (χ3n) is 5.74. The lowest BCUT2D eigenvalue weighted by molar-refractivity contribution is 0.0975. The molecule has 0 atom stereocenters. The Hall–Kier alpha value is -3.13. The quantitative estimate of drug-likeness (QED) is 0.480. The molecule has 3 aromatic rings. The van der Waals surface area contributed by atoms with Crippen LogP contribution in [0, 0.1) is 0 Å². The van der Waals surface area contributed by atoms with Gasteiger partial charge in [-0.2, -0.15) is 0 Å². The molecule has 0 radical (unpaired) electrons. The number of hydrogen-bond donors (Lipinski definition) is 2. The van der Waals surface area contributed by atoms with Crippen LogP contribution in [0.5, 0.6) is 5.75 Å². The zero-order valence-corrected chi connectivity index (χ0v) is 20.5. The van der Waals surface area contributed by atoms with Crippen molar-refractivity contribution in [3.05, 3.63) is 88.9 Å². The minimum Gasteiger partial charge on any atom is -0.496 e. The minimum atomic E-state index is -0.387. The maximum atomic E-state index is 12.6. The topological polar surface area (TPSA) is 56.8 Å². The number of thiocarbonyl (C=S) groups is 1. The third kappa shape index (κ3) is 6.26. The Balaban J connectivity index is 1.28. The van der Waals surface area contributed by atoms with Gasteiger partial charge in [-0.3, -0.25) is 15.0 Å². The van der Waals surface area contributed by atoms with Gasteiger partial charge in [-0.15, -0.1) is 0 Å². The first-order chi connectivity index (χ1) is 16.5. The Morgan fingerprint density at radius 3 is 2.38 bits per heavy atom.